The Morgan fingerprint density at radius 2 is 0.895 bits per heavy atom. The van der Waals surface area contributed by atoms with Crippen LogP contribution in [0, 0.1) is 22.7 Å². The van der Waals surface area contributed by atoms with E-state index in [1.807, 2.05) is 0 Å². The van der Waals surface area contributed by atoms with Crippen LogP contribution in [0.1, 0.15) is 22.3 Å². The average molecular weight is 582 g/mol. The van der Waals surface area contributed by atoms with E-state index in [0.29, 0.717) is 0 Å². The second-order valence-electron chi connectivity index (χ2n) is 7.14. The number of alkyl halides is 6. The van der Waals surface area contributed by atoms with Crippen LogP contribution in [0.25, 0.3) is 0 Å². The highest BCUT2D eigenvalue weighted by Crippen LogP contribution is 2.31. The molecule has 38 heavy (non-hydrogen) atoms. The first-order valence-electron chi connectivity index (χ1n) is 9.61. The summed E-state index contributed by atoms with van der Waals surface area (Å²) >= 11 is 0. The molecule has 0 radical (unpaired) electrons. The maximum absolute atomic E-state index is 13.3. The Morgan fingerprint density at radius 1 is 0.632 bits per heavy atom. The zero-order chi connectivity index (χ0) is 29.1. The number of hydrogen-bond acceptors (Lipinski definition) is 8. The molecule has 0 heterocycles. The van der Waals surface area contributed by atoms with Gasteiger partial charge in [-0.05, 0) is 35.4 Å². The number of nitrogens with zero attached hydrogens (tertiary/aromatic N) is 4. The van der Waals surface area contributed by atoms with E-state index in [1.54, 1.807) is 12.1 Å². The lowest BCUT2D eigenvalue weighted by molar-refractivity contribution is -0.147. The van der Waals surface area contributed by atoms with Crippen molar-refractivity contribution in [1.82, 2.24) is 8.61 Å². The third-order valence-electron chi connectivity index (χ3n) is 4.62. The van der Waals surface area contributed by atoms with E-state index in [2.05, 4.69) is 0 Å². The van der Waals surface area contributed by atoms with Gasteiger partial charge in [0.05, 0.1) is 36.4 Å². The molecule has 2 aromatic carbocycles. The van der Waals surface area contributed by atoms with Crippen molar-refractivity contribution in [2.24, 2.45) is 0 Å². The number of sulfonamides is 2. The minimum absolute atomic E-state index is 0.0359. The van der Waals surface area contributed by atoms with Crippen molar-refractivity contribution in [2.45, 2.75) is 24.1 Å². The van der Waals surface area contributed by atoms with E-state index in [1.165, 1.54) is 0 Å². The zero-order valence-corrected chi connectivity index (χ0v) is 20.0. The summed E-state index contributed by atoms with van der Waals surface area (Å²) < 4.78 is 126. The molecule has 0 unspecified atom stereocenters. The molecule has 0 aliphatic heterocycles. The van der Waals surface area contributed by atoms with Gasteiger partial charge in [0.1, 0.15) is 0 Å². The largest absolute Gasteiger partial charge is 0.516 e. The van der Waals surface area contributed by atoms with E-state index < -0.39 is 75.7 Å². The van der Waals surface area contributed by atoms with Gasteiger partial charge in [0.25, 0.3) is 0 Å². The minimum Gasteiger partial charge on any atom is -0.262 e. The number of halogens is 6. The molecule has 0 bridgehead atoms. The lowest BCUT2D eigenvalue weighted by Gasteiger charge is -2.27. The van der Waals surface area contributed by atoms with Gasteiger partial charge in [-0.15, -0.1) is 0 Å². The number of amides is 2. The first-order chi connectivity index (χ1) is 17.4. The van der Waals surface area contributed by atoms with Crippen LogP contribution >= 0.6 is 0 Å². The lowest BCUT2D eigenvalue weighted by atomic mass is 10.1. The van der Waals surface area contributed by atoms with Crippen molar-refractivity contribution in [3.63, 3.8) is 0 Å². The molecule has 0 fully saturated rings. The summed E-state index contributed by atoms with van der Waals surface area (Å²) in [4.78, 5) is 25.4. The van der Waals surface area contributed by atoms with Gasteiger partial charge in [-0.2, -0.15) is 53.7 Å². The van der Waals surface area contributed by atoms with Crippen molar-refractivity contribution in [1.29, 1.82) is 10.5 Å². The molecule has 0 aromatic heterocycles. The van der Waals surface area contributed by atoms with E-state index in [9.17, 15) is 52.8 Å². The molecule has 0 aliphatic carbocycles. The highest BCUT2D eigenvalue weighted by atomic mass is 32.2. The molecule has 18 heteroatoms. The van der Waals surface area contributed by atoms with Crippen LogP contribution in [0.4, 0.5) is 26.3 Å². The zero-order valence-electron chi connectivity index (χ0n) is 18.4. The highest BCUT2D eigenvalue weighted by Gasteiger charge is 2.57. The summed E-state index contributed by atoms with van der Waals surface area (Å²) in [5.74, 6) is -5.51. The SMILES string of the molecule is N#Cc1ccc(CN(C(=O)C(=O)N(Cc2ccc(C#N)cc2)S(=O)(=O)C(F)(F)F)S(=O)(=O)C(F)(F)F)cc1. The first-order valence-corrected chi connectivity index (χ1v) is 12.5. The number of hydrogen-bond donors (Lipinski definition) is 0. The maximum atomic E-state index is 13.3. The van der Waals surface area contributed by atoms with Crippen molar-refractivity contribution >= 4 is 31.9 Å². The molecule has 0 N–H and O–H groups in total. The molecular weight excluding hydrogens is 570 g/mol. The maximum Gasteiger partial charge on any atom is 0.516 e. The van der Waals surface area contributed by atoms with E-state index >= 15 is 0 Å². The quantitative estimate of drug-likeness (QED) is 0.372. The molecule has 2 amide bonds. The highest BCUT2D eigenvalue weighted by molar-refractivity contribution is 7.91. The van der Waals surface area contributed by atoms with Crippen LogP contribution in [0.2, 0.25) is 0 Å². The molecular formula is C20H12F6N4O6S2. The number of carbonyl (C=O) groups is 2. The number of carbonyl (C=O) groups excluding carboxylic acids is 2. The summed E-state index contributed by atoms with van der Waals surface area (Å²) in [5, 5.41) is 17.6. The molecule has 0 aliphatic rings. The van der Waals surface area contributed by atoms with E-state index in [4.69, 9.17) is 10.5 Å². The molecule has 0 atom stereocenters. The lowest BCUT2D eigenvalue weighted by Crippen LogP contribution is -2.53. The third-order valence-corrected chi connectivity index (χ3v) is 7.54. The standard InChI is InChI=1S/C20H12F6N4O6S2/c21-19(22,23)37(33,34)29(11-15-5-1-13(9-27)2-6-15)17(31)18(32)30(38(35,36)20(24,25)26)12-16-7-3-14(10-28)4-8-16/h1-8H,11-12H2. The Bertz CT molecular complexity index is 1410. The first kappa shape index (κ1) is 30.1. The second kappa shape index (κ2) is 10.7. The number of nitriles is 2. The van der Waals surface area contributed by atoms with E-state index in [0.717, 1.165) is 48.5 Å². The van der Waals surface area contributed by atoms with Gasteiger partial charge in [0.15, 0.2) is 0 Å². The third kappa shape index (κ3) is 6.21. The fourth-order valence-corrected chi connectivity index (χ4v) is 4.43. The number of rotatable bonds is 6. The summed E-state index contributed by atoms with van der Waals surface area (Å²) in [7, 11) is -13.5. The average Bonchev–Trinajstić information content (AvgIpc) is 2.84. The van der Waals surface area contributed by atoms with Gasteiger partial charge < -0.3 is 0 Å². The van der Waals surface area contributed by atoms with Gasteiger partial charge in [0, 0.05) is 0 Å². The Kier molecular flexibility index (Phi) is 8.45. The van der Waals surface area contributed by atoms with Crippen LogP contribution in [0.5, 0.6) is 0 Å². The summed E-state index contributed by atoms with van der Waals surface area (Å²) in [5.41, 5.74) is -13.3. The molecule has 2 aromatic rings. The Morgan fingerprint density at radius 3 is 1.11 bits per heavy atom. The molecule has 10 nitrogen and oxygen atoms in total. The monoisotopic (exact) mass is 582 g/mol. The van der Waals surface area contributed by atoms with Crippen molar-refractivity contribution in [3.05, 3.63) is 70.8 Å². The van der Waals surface area contributed by atoms with Gasteiger partial charge in [-0.25, -0.2) is 8.61 Å². The van der Waals surface area contributed by atoms with Crippen LogP contribution in [0.3, 0.4) is 0 Å². The van der Waals surface area contributed by atoms with Gasteiger partial charge in [-0.1, -0.05) is 24.3 Å². The predicted molar refractivity (Wildman–Crippen MR) is 113 cm³/mol. The van der Waals surface area contributed by atoms with Crippen LogP contribution in [0.15, 0.2) is 48.5 Å². The van der Waals surface area contributed by atoms with Gasteiger partial charge in [-0.3, -0.25) is 9.59 Å². The molecule has 0 saturated carbocycles. The topological polar surface area (TPSA) is 156 Å². The van der Waals surface area contributed by atoms with Gasteiger partial charge in [0.2, 0.25) is 0 Å². The molecule has 202 valence electrons. The Balaban J connectivity index is 2.62. The Hall–Kier alpha value is -4.16. The molecule has 0 spiro atoms. The molecule has 2 rings (SSSR count). The van der Waals surface area contributed by atoms with Crippen LogP contribution in [-0.2, 0) is 42.7 Å². The van der Waals surface area contributed by atoms with Crippen molar-refractivity contribution < 1.29 is 52.8 Å². The smallest absolute Gasteiger partial charge is 0.262 e. The van der Waals surface area contributed by atoms with Crippen LogP contribution in [-0.4, -0.2) is 48.3 Å². The Labute approximate surface area is 211 Å². The van der Waals surface area contributed by atoms with E-state index in [-0.39, 0.29) is 11.1 Å². The second-order valence-corrected chi connectivity index (χ2v) is 10.9. The predicted octanol–water partition coefficient (Wildman–Crippen LogP) is 2.49. The van der Waals surface area contributed by atoms with Gasteiger partial charge >= 0.3 is 42.9 Å². The summed E-state index contributed by atoms with van der Waals surface area (Å²) in [6, 6.07) is 10.9. The summed E-state index contributed by atoms with van der Waals surface area (Å²) in [6.45, 7) is -3.09. The molecule has 0 saturated heterocycles. The summed E-state index contributed by atoms with van der Waals surface area (Å²) in [6.07, 6.45) is 0. The fraction of sp³-hybridized carbons (Fsp3) is 0.200. The number of benzene rings is 2. The normalized spacial score (nSPS) is 12.2. The fourth-order valence-electron chi connectivity index (χ4n) is 2.70. The van der Waals surface area contributed by atoms with Crippen LogP contribution < -0.4 is 0 Å². The minimum atomic E-state index is -6.73. The van der Waals surface area contributed by atoms with Crippen molar-refractivity contribution in [3.8, 4) is 12.1 Å². The van der Waals surface area contributed by atoms with Crippen molar-refractivity contribution in [2.75, 3.05) is 0 Å².